The number of morpholine rings is 1. The number of imidazole rings is 1. The number of fused-ring (bicyclic) bond motifs is 1. The lowest BCUT2D eigenvalue weighted by Gasteiger charge is -2.32. The van der Waals surface area contributed by atoms with Crippen LogP contribution in [0.5, 0.6) is 0 Å². The van der Waals surface area contributed by atoms with Gasteiger partial charge < -0.3 is 9.64 Å². The van der Waals surface area contributed by atoms with E-state index in [1.807, 2.05) is 36.2 Å². The van der Waals surface area contributed by atoms with E-state index in [0.29, 0.717) is 13.2 Å². The van der Waals surface area contributed by atoms with Gasteiger partial charge in [-0.25, -0.2) is 19.2 Å². The van der Waals surface area contributed by atoms with Gasteiger partial charge in [-0.3, -0.25) is 0 Å². The third-order valence-corrected chi connectivity index (χ3v) is 4.88. The summed E-state index contributed by atoms with van der Waals surface area (Å²) in [7, 11) is 0. The number of ether oxygens (including phenoxy) is 1. The van der Waals surface area contributed by atoms with E-state index in [1.165, 1.54) is 0 Å². The summed E-state index contributed by atoms with van der Waals surface area (Å²) in [6, 6.07) is 0. The summed E-state index contributed by atoms with van der Waals surface area (Å²) in [6.07, 6.45) is 2.04. The molecule has 1 fully saturated rings. The van der Waals surface area contributed by atoms with Crippen molar-refractivity contribution in [2.24, 2.45) is 0 Å². The molecule has 4 heterocycles. The number of hydrogen-bond donors (Lipinski definition) is 0. The van der Waals surface area contributed by atoms with Crippen LogP contribution in [0.25, 0.3) is 4.96 Å². The van der Waals surface area contributed by atoms with E-state index in [2.05, 4.69) is 25.1 Å². The Bertz CT molecular complexity index is 804. The molecule has 0 amide bonds. The SMILES string of the molecule is Cc1cn2nc(N3CCO[C@@H](Cn4nc(C)nc4C)C3)sc2n1. The molecule has 122 valence electrons. The first-order chi connectivity index (χ1) is 11.1. The summed E-state index contributed by atoms with van der Waals surface area (Å²) in [6.45, 7) is 8.91. The maximum atomic E-state index is 5.90. The average molecular weight is 333 g/mol. The van der Waals surface area contributed by atoms with Crippen LogP contribution in [-0.2, 0) is 11.3 Å². The summed E-state index contributed by atoms with van der Waals surface area (Å²) in [5.74, 6) is 1.72. The Balaban J connectivity index is 1.49. The Labute approximate surface area is 137 Å². The molecule has 1 atom stereocenters. The molecule has 3 aromatic heterocycles. The summed E-state index contributed by atoms with van der Waals surface area (Å²) >= 11 is 1.62. The zero-order chi connectivity index (χ0) is 16.0. The highest BCUT2D eigenvalue weighted by molar-refractivity contribution is 7.20. The van der Waals surface area contributed by atoms with Gasteiger partial charge in [0.1, 0.15) is 11.6 Å². The predicted molar refractivity (Wildman–Crippen MR) is 87.1 cm³/mol. The maximum Gasteiger partial charge on any atom is 0.214 e. The minimum Gasteiger partial charge on any atom is -0.373 e. The van der Waals surface area contributed by atoms with Gasteiger partial charge >= 0.3 is 0 Å². The molecule has 0 aliphatic carbocycles. The zero-order valence-electron chi connectivity index (χ0n) is 13.4. The van der Waals surface area contributed by atoms with Crippen molar-refractivity contribution in [3.05, 3.63) is 23.5 Å². The van der Waals surface area contributed by atoms with Gasteiger partial charge in [0.25, 0.3) is 0 Å². The topological polar surface area (TPSA) is 73.4 Å². The lowest BCUT2D eigenvalue weighted by Crippen LogP contribution is -2.44. The largest absolute Gasteiger partial charge is 0.373 e. The van der Waals surface area contributed by atoms with Crippen LogP contribution in [0.1, 0.15) is 17.3 Å². The van der Waals surface area contributed by atoms with Crippen LogP contribution in [0.15, 0.2) is 6.20 Å². The lowest BCUT2D eigenvalue weighted by atomic mass is 10.3. The molecule has 0 aromatic carbocycles. The molecule has 1 aliphatic rings. The van der Waals surface area contributed by atoms with Crippen LogP contribution in [-0.4, -0.2) is 55.2 Å². The predicted octanol–water partition coefficient (Wildman–Crippen LogP) is 1.21. The fraction of sp³-hybridized carbons (Fsp3) is 0.571. The number of aromatic nitrogens is 6. The molecule has 4 rings (SSSR count). The summed E-state index contributed by atoms with van der Waals surface area (Å²) in [5.41, 5.74) is 0.993. The molecule has 1 saturated heterocycles. The molecule has 0 radical (unpaired) electrons. The summed E-state index contributed by atoms with van der Waals surface area (Å²) in [4.78, 5) is 12.0. The van der Waals surface area contributed by atoms with Crippen molar-refractivity contribution in [2.75, 3.05) is 24.6 Å². The second-order valence-electron chi connectivity index (χ2n) is 5.82. The molecule has 3 aromatic rings. The van der Waals surface area contributed by atoms with Gasteiger partial charge in [-0.1, -0.05) is 11.3 Å². The number of hydrogen-bond acceptors (Lipinski definition) is 7. The van der Waals surface area contributed by atoms with Crippen molar-refractivity contribution in [3.63, 3.8) is 0 Å². The van der Waals surface area contributed by atoms with E-state index >= 15 is 0 Å². The standard InChI is InChI=1S/C14H19N7OS/c1-9-6-21-13(15-9)23-14(18-21)19-4-5-22-12(7-19)8-20-11(3)16-10(2)17-20/h6,12H,4-5,7-8H2,1-3H3/t12-/m1/s1. The maximum absolute atomic E-state index is 5.90. The highest BCUT2D eigenvalue weighted by Gasteiger charge is 2.24. The average Bonchev–Trinajstić information content (AvgIpc) is 3.12. The summed E-state index contributed by atoms with van der Waals surface area (Å²) < 4.78 is 9.67. The number of anilines is 1. The molecule has 0 N–H and O–H groups in total. The molecular formula is C14H19N7OS. The molecule has 8 nitrogen and oxygen atoms in total. The van der Waals surface area contributed by atoms with Crippen LogP contribution in [0.4, 0.5) is 5.13 Å². The van der Waals surface area contributed by atoms with E-state index in [4.69, 9.17) is 4.74 Å². The van der Waals surface area contributed by atoms with E-state index < -0.39 is 0 Å². The third kappa shape index (κ3) is 2.81. The van der Waals surface area contributed by atoms with Crippen LogP contribution >= 0.6 is 11.3 Å². The van der Waals surface area contributed by atoms with Gasteiger partial charge in [0.05, 0.1) is 31.1 Å². The monoisotopic (exact) mass is 333 g/mol. The van der Waals surface area contributed by atoms with Crippen molar-refractivity contribution in [2.45, 2.75) is 33.4 Å². The van der Waals surface area contributed by atoms with Gasteiger partial charge in [-0.15, -0.1) is 5.10 Å². The highest BCUT2D eigenvalue weighted by atomic mass is 32.1. The lowest BCUT2D eigenvalue weighted by molar-refractivity contribution is 0.0269. The quantitative estimate of drug-likeness (QED) is 0.717. The Morgan fingerprint density at radius 2 is 2.13 bits per heavy atom. The molecular weight excluding hydrogens is 314 g/mol. The Hall–Kier alpha value is -2.00. The van der Waals surface area contributed by atoms with Crippen LogP contribution in [0.3, 0.4) is 0 Å². The minimum atomic E-state index is 0.0847. The Morgan fingerprint density at radius 1 is 1.26 bits per heavy atom. The van der Waals surface area contributed by atoms with Gasteiger partial charge in [0.15, 0.2) is 0 Å². The second kappa shape index (κ2) is 5.57. The Morgan fingerprint density at radius 3 is 2.87 bits per heavy atom. The highest BCUT2D eigenvalue weighted by Crippen LogP contribution is 2.25. The number of nitrogens with zero attached hydrogens (tertiary/aromatic N) is 7. The molecule has 0 unspecified atom stereocenters. The minimum absolute atomic E-state index is 0.0847. The third-order valence-electron chi connectivity index (χ3n) is 3.90. The van der Waals surface area contributed by atoms with Gasteiger partial charge in [-0.2, -0.15) is 5.10 Å². The number of rotatable bonds is 3. The van der Waals surface area contributed by atoms with Gasteiger partial charge in [-0.05, 0) is 20.8 Å². The first-order valence-corrected chi connectivity index (χ1v) is 8.47. The van der Waals surface area contributed by atoms with E-state index in [9.17, 15) is 0 Å². The van der Waals surface area contributed by atoms with Crippen molar-refractivity contribution >= 4 is 21.4 Å². The van der Waals surface area contributed by atoms with Crippen LogP contribution in [0.2, 0.25) is 0 Å². The van der Waals surface area contributed by atoms with Crippen molar-refractivity contribution in [3.8, 4) is 0 Å². The molecule has 1 aliphatic heterocycles. The molecule has 0 bridgehead atoms. The van der Waals surface area contributed by atoms with Crippen molar-refractivity contribution < 1.29 is 4.74 Å². The normalized spacial score (nSPS) is 18.9. The molecule has 9 heteroatoms. The van der Waals surface area contributed by atoms with Crippen LogP contribution in [0, 0.1) is 20.8 Å². The van der Waals surface area contributed by atoms with E-state index in [1.54, 1.807) is 11.3 Å². The van der Waals surface area contributed by atoms with Crippen molar-refractivity contribution in [1.82, 2.24) is 29.4 Å². The number of aryl methyl sites for hydroxylation is 3. The molecule has 0 spiro atoms. The smallest absolute Gasteiger partial charge is 0.214 e. The molecule has 0 saturated carbocycles. The van der Waals surface area contributed by atoms with E-state index in [-0.39, 0.29) is 6.10 Å². The fourth-order valence-electron chi connectivity index (χ4n) is 2.86. The van der Waals surface area contributed by atoms with Crippen molar-refractivity contribution in [1.29, 1.82) is 0 Å². The first-order valence-electron chi connectivity index (χ1n) is 7.66. The van der Waals surface area contributed by atoms with E-state index in [0.717, 1.165) is 40.5 Å². The first kappa shape index (κ1) is 14.6. The zero-order valence-corrected chi connectivity index (χ0v) is 14.2. The second-order valence-corrected chi connectivity index (χ2v) is 6.76. The van der Waals surface area contributed by atoms with Crippen LogP contribution < -0.4 is 4.90 Å². The fourth-order valence-corrected chi connectivity index (χ4v) is 3.82. The molecule has 23 heavy (non-hydrogen) atoms. The van der Waals surface area contributed by atoms with Gasteiger partial charge in [0, 0.05) is 13.1 Å². The Kier molecular flexibility index (Phi) is 3.53. The van der Waals surface area contributed by atoms with Gasteiger partial charge in [0.2, 0.25) is 10.1 Å². The summed E-state index contributed by atoms with van der Waals surface area (Å²) in [5, 5.41) is 10.0.